The maximum atomic E-state index is 12.9. The lowest BCUT2D eigenvalue weighted by atomic mass is 10.0. The van der Waals surface area contributed by atoms with E-state index in [0.717, 1.165) is 19.5 Å². The predicted molar refractivity (Wildman–Crippen MR) is 213 cm³/mol. The van der Waals surface area contributed by atoms with Gasteiger partial charge in [0, 0.05) is 26.2 Å². The zero-order chi connectivity index (χ0) is 41.4. The SMILES string of the molecule is CCOCCOCCOCCNC(=O)[C@H](O)[C@@H](O)C(=O)NCCOCCOCCOCCNS(=O)(=O)c1ccc(O[C@H]2c3ccccc3C[C@@H]2N2CCCCC2)cc1. The zero-order valence-corrected chi connectivity index (χ0v) is 34.3. The number of rotatable bonds is 30. The van der Waals surface area contributed by atoms with Crippen molar-refractivity contribution in [1.82, 2.24) is 20.3 Å². The van der Waals surface area contributed by atoms with E-state index in [1.165, 1.54) is 30.4 Å². The number of amides is 2. The van der Waals surface area contributed by atoms with E-state index in [-0.39, 0.29) is 82.9 Å². The summed E-state index contributed by atoms with van der Waals surface area (Å²) in [5.41, 5.74) is 2.50. The average Bonchev–Trinajstić information content (AvgIpc) is 3.60. The summed E-state index contributed by atoms with van der Waals surface area (Å²) in [6, 6.07) is 15.2. The van der Waals surface area contributed by atoms with Gasteiger partial charge in [0.05, 0.1) is 83.6 Å². The molecule has 4 atom stereocenters. The van der Waals surface area contributed by atoms with Crippen LogP contribution in [-0.4, -0.2) is 166 Å². The summed E-state index contributed by atoms with van der Waals surface area (Å²) in [4.78, 5) is 26.8. The number of likely N-dealkylation sites (tertiary alicyclic amines) is 1. The lowest BCUT2D eigenvalue weighted by Gasteiger charge is -2.35. The fourth-order valence-electron chi connectivity index (χ4n) is 6.54. The summed E-state index contributed by atoms with van der Waals surface area (Å²) < 4.78 is 66.9. The van der Waals surface area contributed by atoms with Crippen molar-refractivity contribution in [2.75, 3.05) is 112 Å². The molecule has 1 fully saturated rings. The Labute approximate surface area is 342 Å². The summed E-state index contributed by atoms with van der Waals surface area (Å²) in [5, 5.41) is 24.8. The third-order valence-electron chi connectivity index (χ3n) is 9.56. The largest absolute Gasteiger partial charge is 0.484 e. The maximum absolute atomic E-state index is 12.9. The van der Waals surface area contributed by atoms with E-state index in [1.54, 1.807) is 24.3 Å². The van der Waals surface area contributed by atoms with Crippen LogP contribution in [0.2, 0.25) is 0 Å². The normalized spacial score (nSPS) is 18.1. The predicted octanol–water partition coefficient (Wildman–Crippen LogP) is 0.569. The number of nitrogens with one attached hydrogen (secondary N) is 3. The molecule has 2 aromatic carbocycles. The minimum atomic E-state index is -3.74. The van der Waals surface area contributed by atoms with E-state index in [9.17, 15) is 28.2 Å². The minimum absolute atomic E-state index is 0.0381. The summed E-state index contributed by atoms with van der Waals surface area (Å²) in [7, 11) is -3.74. The van der Waals surface area contributed by atoms with Crippen molar-refractivity contribution < 1.29 is 61.4 Å². The van der Waals surface area contributed by atoms with E-state index in [0.29, 0.717) is 38.8 Å². The Morgan fingerprint density at radius 1 is 0.690 bits per heavy atom. The van der Waals surface area contributed by atoms with Crippen LogP contribution in [0.25, 0.3) is 0 Å². The topological polar surface area (TPSA) is 213 Å². The van der Waals surface area contributed by atoms with Crippen molar-refractivity contribution in [3.63, 3.8) is 0 Å². The summed E-state index contributed by atoms with van der Waals surface area (Å²) in [6.45, 7) is 7.92. The van der Waals surface area contributed by atoms with Crippen molar-refractivity contribution in [3.05, 3.63) is 59.7 Å². The molecule has 0 unspecified atom stereocenters. The summed E-state index contributed by atoms with van der Waals surface area (Å²) in [5.74, 6) is -1.20. The first-order chi connectivity index (χ1) is 28.2. The van der Waals surface area contributed by atoms with Gasteiger partial charge in [0.15, 0.2) is 12.2 Å². The van der Waals surface area contributed by atoms with E-state index >= 15 is 0 Å². The first kappa shape index (κ1) is 47.4. The zero-order valence-electron chi connectivity index (χ0n) is 33.5. The van der Waals surface area contributed by atoms with Gasteiger partial charge in [-0.2, -0.15) is 0 Å². The standard InChI is InChI=1S/C40H62N4O13S/c1-2-51-22-23-55-27-24-52-19-14-41-39(47)36(45)37(46)40(48)42-15-20-53-25-28-56-29-26-54-21-16-43-58(49,50)33-12-10-32(11-13-33)57-38-34-9-5-4-8-31(34)30-35(38)44-17-6-3-7-18-44/h4-5,8-13,35-38,43,45-46H,2-3,6-7,14-30H2,1H3,(H,41,47)(H,42,48)/t35-,36+,37+,38-/m0/s1. The van der Waals surface area contributed by atoms with Crippen molar-refractivity contribution in [2.24, 2.45) is 0 Å². The number of hydrogen-bond donors (Lipinski definition) is 5. The van der Waals surface area contributed by atoms with E-state index in [2.05, 4.69) is 38.5 Å². The molecule has 2 amide bonds. The summed E-state index contributed by atoms with van der Waals surface area (Å²) in [6.07, 6.45) is 0.581. The van der Waals surface area contributed by atoms with Crippen molar-refractivity contribution in [1.29, 1.82) is 0 Å². The molecule has 0 saturated carbocycles. The number of aliphatic hydroxyl groups excluding tert-OH is 2. The Morgan fingerprint density at radius 2 is 1.19 bits per heavy atom. The molecule has 326 valence electrons. The molecular weight excluding hydrogens is 777 g/mol. The second-order valence-electron chi connectivity index (χ2n) is 13.7. The Morgan fingerprint density at radius 3 is 1.74 bits per heavy atom. The number of carbonyl (C=O) groups is 2. The molecule has 58 heavy (non-hydrogen) atoms. The molecule has 1 aliphatic heterocycles. The number of hydrogen-bond acceptors (Lipinski definition) is 14. The number of fused-ring (bicyclic) bond motifs is 1. The monoisotopic (exact) mass is 838 g/mol. The molecule has 1 saturated heterocycles. The number of nitrogens with zero attached hydrogens (tertiary/aromatic N) is 1. The van der Waals surface area contributed by atoms with Gasteiger partial charge in [0.25, 0.3) is 11.8 Å². The van der Waals surface area contributed by atoms with Gasteiger partial charge in [-0.05, 0) is 74.7 Å². The van der Waals surface area contributed by atoms with Crippen LogP contribution in [0.1, 0.15) is 43.4 Å². The van der Waals surface area contributed by atoms with Crippen LogP contribution in [-0.2, 0) is 54.5 Å². The molecule has 2 aromatic rings. The lowest BCUT2D eigenvalue weighted by Crippen LogP contribution is -2.50. The van der Waals surface area contributed by atoms with Crippen molar-refractivity contribution in [3.8, 4) is 5.75 Å². The van der Waals surface area contributed by atoms with E-state index < -0.39 is 34.0 Å². The highest BCUT2D eigenvalue weighted by Gasteiger charge is 2.38. The van der Waals surface area contributed by atoms with Crippen molar-refractivity contribution >= 4 is 21.8 Å². The van der Waals surface area contributed by atoms with E-state index in [4.69, 9.17) is 33.2 Å². The average molecular weight is 839 g/mol. The van der Waals surface area contributed by atoms with Gasteiger partial charge in [-0.1, -0.05) is 30.7 Å². The Hall–Kier alpha value is -3.27. The smallest absolute Gasteiger partial charge is 0.252 e. The van der Waals surface area contributed by atoms with Gasteiger partial charge < -0.3 is 54.0 Å². The fraction of sp³-hybridized carbons (Fsp3) is 0.650. The van der Waals surface area contributed by atoms with Crippen LogP contribution < -0.4 is 20.1 Å². The molecular formula is C40H62N4O13S. The van der Waals surface area contributed by atoms with Crippen LogP contribution >= 0.6 is 0 Å². The van der Waals surface area contributed by atoms with Crippen LogP contribution in [0.4, 0.5) is 0 Å². The Balaban J connectivity index is 0.982. The molecule has 0 spiro atoms. The second kappa shape index (κ2) is 26.8. The molecule has 18 heteroatoms. The molecule has 4 rings (SSSR count). The van der Waals surface area contributed by atoms with Crippen LogP contribution in [0.15, 0.2) is 53.4 Å². The molecule has 0 radical (unpaired) electrons. The van der Waals surface area contributed by atoms with Gasteiger partial charge >= 0.3 is 0 Å². The summed E-state index contributed by atoms with van der Waals surface area (Å²) >= 11 is 0. The van der Waals surface area contributed by atoms with Gasteiger partial charge in [0.2, 0.25) is 10.0 Å². The molecule has 1 aliphatic carbocycles. The Bertz CT molecular complexity index is 1580. The molecule has 17 nitrogen and oxygen atoms in total. The molecule has 1 heterocycles. The van der Waals surface area contributed by atoms with E-state index in [1.807, 2.05) is 13.0 Å². The molecule has 5 N–H and O–H groups in total. The fourth-order valence-corrected chi connectivity index (χ4v) is 7.55. The highest BCUT2D eigenvalue weighted by molar-refractivity contribution is 7.89. The molecule has 0 aromatic heterocycles. The quantitative estimate of drug-likeness (QED) is 0.0682. The Kier molecular flexibility index (Phi) is 21.9. The number of piperidine rings is 1. The van der Waals surface area contributed by atoms with Crippen molar-refractivity contribution in [2.45, 2.75) is 61.9 Å². The highest BCUT2D eigenvalue weighted by atomic mass is 32.2. The number of ether oxygens (including phenoxy) is 7. The highest BCUT2D eigenvalue weighted by Crippen LogP contribution is 2.39. The number of carbonyl (C=O) groups excluding carboxylic acids is 2. The number of aliphatic hydroxyl groups is 2. The maximum Gasteiger partial charge on any atom is 0.252 e. The molecule has 0 bridgehead atoms. The second-order valence-corrected chi connectivity index (χ2v) is 15.5. The first-order valence-corrected chi connectivity index (χ1v) is 21.7. The third kappa shape index (κ3) is 16.4. The van der Waals surface area contributed by atoms with Crippen LogP contribution in [0.5, 0.6) is 5.75 Å². The third-order valence-corrected chi connectivity index (χ3v) is 11.0. The van der Waals surface area contributed by atoms with Gasteiger partial charge in [-0.25, -0.2) is 13.1 Å². The van der Waals surface area contributed by atoms with Crippen LogP contribution in [0, 0.1) is 0 Å². The van der Waals surface area contributed by atoms with Gasteiger partial charge in [-0.3, -0.25) is 14.5 Å². The lowest BCUT2D eigenvalue weighted by molar-refractivity contribution is -0.146. The molecule has 2 aliphatic rings. The van der Waals surface area contributed by atoms with Gasteiger partial charge in [0.1, 0.15) is 11.9 Å². The number of benzene rings is 2. The van der Waals surface area contributed by atoms with Gasteiger partial charge in [-0.15, -0.1) is 0 Å². The van der Waals surface area contributed by atoms with Crippen LogP contribution in [0.3, 0.4) is 0 Å². The minimum Gasteiger partial charge on any atom is -0.484 e. The number of sulfonamides is 1. The first-order valence-electron chi connectivity index (χ1n) is 20.2.